The molecule has 1 aromatic carbocycles. The van der Waals surface area contributed by atoms with Crippen LogP contribution in [0.5, 0.6) is 0 Å². The Morgan fingerprint density at radius 2 is 1.80 bits per heavy atom. The van der Waals surface area contributed by atoms with E-state index in [0.717, 1.165) is 19.9 Å². The molecule has 3 aromatic rings. The fraction of sp³-hybridized carbons (Fsp3) is 0.607. The number of halogens is 7. The quantitative estimate of drug-likeness (QED) is 0.234. The van der Waals surface area contributed by atoms with Crippen molar-refractivity contribution in [3.05, 3.63) is 41.5 Å². The zero-order chi connectivity index (χ0) is 32.6. The summed E-state index contributed by atoms with van der Waals surface area (Å²) in [7, 11) is 0. The van der Waals surface area contributed by atoms with Crippen molar-refractivity contribution in [2.45, 2.75) is 95.6 Å². The van der Waals surface area contributed by atoms with Crippen LogP contribution in [0.2, 0.25) is 0 Å². The van der Waals surface area contributed by atoms with Crippen molar-refractivity contribution in [3.63, 3.8) is 0 Å². The Bertz CT molecular complexity index is 1480. The lowest BCUT2D eigenvalue weighted by Crippen LogP contribution is -2.39. The predicted octanol–water partition coefficient (Wildman–Crippen LogP) is 6.07. The molecule has 16 heteroatoms. The van der Waals surface area contributed by atoms with E-state index in [0.29, 0.717) is 0 Å². The minimum absolute atomic E-state index is 0.00164. The van der Waals surface area contributed by atoms with E-state index in [4.69, 9.17) is 0 Å². The molecule has 0 aliphatic heterocycles. The molecule has 2 aromatic heterocycles. The summed E-state index contributed by atoms with van der Waals surface area (Å²) in [4.78, 5) is 37.1. The van der Waals surface area contributed by atoms with Gasteiger partial charge in [0.25, 0.3) is 5.91 Å². The van der Waals surface area contributed by atoms with E-state index >= 15 is 4.39 Å². The van der Waals surface area contributed by atoms with Gasteiger partial charge in [-0.05, 0) is 52.5 Å². The topological polar surface area (TPSA) is 118 Å². The van der Waals surface area contributed by atoms with Crippen LogP contribution >= 0.6 is 0 Å². The number of benzene rings is 1. The van der Waals surface area contributed by atoms with Crippen LogP contribution < -0.4 is 10.6 Å². The highest BCUT2D eigenvalue weighted by atomic mass is 19.4. The standard InChI is InChI=1S/C28H34F7N7O2/c1-14(2)42-23(37-13-38-42)25(44)41-20(15-7-9-27(31,32)10-8-15)22-39-18-6-5-16(19(29)21(18)40-22)17(11-28(33,34)35)24(43)36-12-26(3,4)30/h5-6,13-15,17,20H,7-12H2,1-4H3,(H,36,43)(H,39,40)(H,41,44)/t17-,20+/m1/s1. The largest absolute Gasteiger partial charge is 0.390 e. The Labute approximate surface area is 248 Å². The number of amides is 2. The molecule has 1 fully saturated rings. The van der Waals surface area contributed by atoms with Gasteiger partial charge in [-0.15, -0.1) is 0 Å². The summed E-state index contributed by atoms with van der Waals surface area (Å²) in [6, 6.07) is 0.994. The first-order valence-corrected chi connectivity index (χ1v) is 14.1. The van der Waals surface area contributed by atoms with Crippen LogP contribution in [0.3, 0.4) is 0 Å². The van der Waals surface area contributed by atoms with E-state index in [9.17, 15) is 35.9 Å². The number of carbonyl (C=O) groups excluding carboxylic acids is 2. The molecule has 0 spiro atoms. The van der Waals surface area contributed by atoms with Crippen molar-refractivity contribution in [1.82, 2.24) is 35.4 Å². The Morgan fingerprint density at radius 1 is 1.14 bits per heavy atom. The van der Waals surface area contributed by atoms with Gasteiger partial charge in [0.05, 0.1) is 30.4 Å². The van der Waals surface area contributed by atoms with Crippen LogP contribution in [-0.4, -0.2) is 60.9 Å². The van der Waals surface area contributed by atoms with Crippen LogP contribution in [0.4, 0.5) is 30.7 Å². The number of rotatable bonds is 10. The molecule has 2 amide bonds. The maximum Gasteiger partial charge on any atom is 0.390 e. The highest BCUT2D eigenvalue weighted by Gasteiger charge is 2.41. The molecule has 1 aliphatic carbocycles. The third kappa shape index (κ3) is 7.86. The Hall–Kier alpha value is -3.72. The van der Waals surface area contributed by atoms with Crippen LogP contribution in [0.15, 0.2) is 18.5 Å². The maximum atomic E-state index is 15.9. The molecule has 1 saturated carbocycles. The number of fused-ring (bicyclic) bond motifs is 1. The van der Waals surface area contributed by atoms with E-state index in [-0.39, 0.29) is 36.0 Å². The van der Waals surface area contributed by atoms with Crippen LogP contribution in [-0.2, 0) is 4.79 Å². The minimum atomic E-state index is -4.86. The van der Waals surface area contributed by atoms with Gasteiger partial charge in [-0.2, -0.15) is 18.3 Å². The summed E-state index contributed by atoms with van der Waals surface area (Å²) in [6.45, 7) is 5.20. The summed E-state index contributed by atoms with van der Waals surface area (Å²) >= 11 is 0. The summed E-state index contributed by atoms with van der Waals surface area (Å²) < 4.78 is 99.5. The molecule has 3 N–H and O–H groups in total. The molecule has 2 heterocycles. The number of hydrogen-bond acceptors (Lipinski definition) is 5. The number of nitrogens with zero attached hydrogens (tertiary/aromatic N) is 4. The van der Waals surface area contributed by atoms with Crippen molar-refractivity contribution in [1.29, 1.82) is 0 Å². The van der Waals surface area contributed by atoms with E-state index in [1.54, 1.807) is 13.8 Å². The fourth-order valence-corrected chi connectivity index (χ4v) is 5.29. The predicted molar refractivity (Wildman–Crippen MR) is 145 cm³/mol. The average molecular weight is 634 g/mol. The zero-order valence-corrected chi connectivity index (χ0v) is 24.5. The molecule has 1 aliphatic rings. The Morgan fingerprint density at radius 3 is 2.39 bits per heavy atom. The summed E-state index contributed by atoms with van der Waals surface area (Å²) in [5.41, 5.74) is -2.90. The van der Waals surface area contributed by atoms with Crippen molar-refractivity contribution in [3.8, 4) is 0 Å². The second-order valence-corrected chi connectivity index (χ2v) is 12.1. The number of aromatic nitrogens is 5. The number of H-pyrrole nitrogens is 1. The lowest BCUT2D eigenvalue weighted by molar-refractivity contribution is -0.148. The van der Waals surface area contributed by atoms with Crippen LogP contribution in [0.1, 0.15) is 99.8 Å². The van der Waals surface area contributed by atoms with Gasteiger partial charge in [0, 0.05) is 24.4 Å². The second-order valence-electron chi connectivity index (χ2n) is 12.1. The number of imidazole rings is 1. The molecule has 0 bridgehead atoms. The number of hydrogen-bond donors (Lipinski definition) is 3. The van der Waals surface area contributed by atoms with Gasteiger partial charge in [0.15, 0.2) is 5.82 Å². The van der Waals surface area contributed by atoms with Gasteiger partial charge in [-0.3, -0.25) is 9.59 Å². The fourth-order valence-electron chi connectivity index (χ4n) is 5.29. The smallest absolute Gasteiger partial charge is 0.352 e. The third-order valence-electron chi connectivity index (χ3n) is 7.53. The third-order valence-corrected chi connectivity index (χ3v) is 7.53. The molecular weight excluding hydrogens is 599 g/mol. The van der Waals surface area contributed by atoms with E-state index in [1.807, 2.05) is 0 Å². The van der Waals surface area contributed by atoms with Gasteiger partial charge < -0.3 is 15.6 Å². The first-order valence-electron chi connectivity index (χ1n) is 14.1. The molecule has 0 radical (unpaired) electrons. The summed E-state index contributed by atoms with van der Waals surface area (Å²) in [6.07, 6.45) is -6.29. The summed E-state index contributed by atoms with van der Waals surface area (Å²) in [5.74, 6) is -8.65. The molecule has 242 valence electrons. The SMILES string of the molecule is CC(C)n1ncnc1C(=O)N[C@H](c1nc2c(F)c([C@@H](CC(F)(F)F)C(=O)NCC(C)(C)F)ccc2[nH]1)C1CCC(F)(F)CC1. The monoisotopic (exact) mass is 633 g/mol. The van der Waals surface area contributed by atoms with E-state index in [2.05, 4.69) is 30.7 Å². The zero-order valence-electron chi connectivity index (χ0n) is 24.5. The lowest BCUT2D eigenvalue weighted by atomic mass is 9.81. The van der Waals surface area contributed by atoms with Crippen molar-refractivity contribution in [2.75, 3.05) is 6.54 Å². The average Bonchev–Trinajstić information content (AvgIpc) is 3.57. The van der Waals surface area contributed by atoms with Crippen molar-refractivity contribution >= 4 is 22.8 Å². The number of nitrogens with one attached hydrogen (secondary N) is 3. The first kappa shape index (κ1) is 33.2. The maximum absolute atomic E-state index is 15.9. The Kier molecular flexibility index (Phi) is 9.31. The Balaban J connectivity index is 1.72. The minimum Gasteiger partial charge on any atom is -0.352 e. The van der Waals surface area contributed by atoms with Crippen LogP contribution in [0.25, 0.3) is 11.0 Å². The molecule has 0 unspecified atom stereocenters. The first-order chi connectivity index (χ1) is 20.3. The van der Waals surface area contributed by atoms with Gasteiger partial charge in [-0.1, -0.05) is 6.07 Å². The second kappa shape index (κ2) is 12.3. The molecule has 2 atom stereocenters. The van der Waals surface area contributed by atoms with E-state index in [1.165, 1.54) is 17.1 Å². The highest BCUT2D eigenvalue weighted by molar-refractivity contribution is 5.91. The van der Waals surface area contributed by atoms with Crippen molar-refractivity contribution in [2.24, 2.45) is 5.92 Å². The molecule has 44 heavy (non-hydrogen) atoms. The van der Waals surface area contributed by atoms with E-state index < -0.39 is 90.2 Å². The highest BCUT2D eigenvalue weighted by Crippen LogP contribution is 2.42. The molecule has 0 saturated heterocycles. The van der Waals surface area contributed by atoms with Crippen molar-refractivity contribution < 1.29 is 40.3 Å². The van der Waals surface area contributed by atoms with Gasteiger partial charge in [0.2, 0.25) is 17.7 Å². The molecular formula is C28H34F7N7O2. The lowest BCUT2D eigenvalue weighted by Gasteiger charge is -2.33. The molecule has 4 rings (SSSR count). The number of carbonyl (C=O) groups is 2. The van der Waals surface area contributed by atoms with Gasteiger partial charge in [0.1, 0.15) is 23.3 Å². The number of alkyl halides is 6. The number of aromatic amines is 1. The van der Waals surface area contributed by atoms with Gasteiger partial charge >= 0.3 is 6.18 Å². The van der Waals surface area contributed by atoms with Gasteiger partial charge in [-0.25, -0.2) is 32.2 Å². The normalized spacial score (nSPS) is 17.5. The molecule has 9 nitrogen and oxygen atoms in total. The van der Waals surface area contributed by atoms with Crippen LogP contribution in [0, 0.1) is 11.7 Å². The summed E-state index contributed by atoms with van der Waals surface area (Å²) in [5, 5.41) is 8.89.